The number of aromatic amines is 1. The molecule has 0 bridgehead atoms. The molecule has 0 amide bonds. The summed E-state index contributed by atoms with van der Waals surface area (Å²) in [6.07, 6.45) is 3.74. The van der Waals surface area contributed by atoms with Crippen LogP contribution in [0, 0.1) is 0 Å². The van der Waals surface area contributed by atoms with E-state index in [0.717, 1.165) is 12.0 Å². The molecule has 0 fully saturated rings. The van der Waals surface area contributed by atoms with E-state index in [2.05, 4.69) is 15.4 Å². The fourth-order valence-corrected chi connectivity index (χ4v) is 0.730. The molecule has 1 aromatic heterocycles. The van der Waals surface area contributed by atoms with Crippen LogP contribution in [0.3, 0.4) is 0 Å². The zero-order chi connectivity index (χ0) is 8.10. The third-order valence-corrected chi connectivity index (χ3v) is 1.38. The molecule has 1 unspecified atom stereocenters. The summed E-state index contributed by atoms with van der Waals surface area (Å²) in [6.45, 7) is 0. The van der Waals surface area contributed by atoms with E-state index in [4.69, 9.17) is 5.73 Å². The summed E-state index contributed by atoms with van der Waals surface area (Å²) in [5.41, 5.74) is 6.20. The van der Waals surface area contributed by atoms with Crippen molar-refractivity contribution in [3.8, 4) is 0 Å². The Morgan fingerprint density at radius 3 is 3.18 bits per heavy atom. The molecule has 1 heterocycles. The van der Waals surface area contributed by atoms with Crippen molar-refractivity contribution in [3.05, 3.63) is 11.9 Å². The minimum absolute atomic E-state index is 0.383. The molecule has 0 aliphatic heterocycles. The van der Waals surface area contributed by atoms with Gasteiger partial charge in [-0.15, -0.1) is 5.10 Å². The van der Waals surface area contributed by atoms with Gasteiger partial charge >= 0.3 is 0 Å². The number of hydrogen-bond donors (Lipinski definition) is 2. The summed E-state index contributed by atoms with van der Waals surface area (Å²) in [7, 11) is 0. The highest BCUT2D eigenvalue weighted by Crippen LogP contribution is 1.96. The average molecular weight is 154 g/mol. The van der Waals surface area contributed by atoms with Crippen molar-refractivity contribution in [2.75, 3.05) is 0 Å². The second-order valence-electron chi connectivity index (χ2n) is 2.30. The first-order chi connectivity index (χ1) is 5.33. The summed E-state index contributed by atoms with van der Waals surface area (Å²) in [5, 5.41) is 9.85. The third-order valence-electron chi connectivity index (χ3n) is 1.38. The predicted octanol–water partition coefficient (Wildman–Crippen LogP) is -0.737. The first-order valence-electron chi connectivity index (χ1n) is 3.39. The second kappa shape index (κ2) is 3.82. The zero-order valence-corrected chi connectivity index (χ0v) is 6.03. The highest BCUT2D eigenvalue weighted by Gasteiger charge is 2.01. The first-order valence-corrected chi connectivity index (χ1v) is 3.39. The molecular weight excluding hydrogens is 144 g/mol. The minimum Gasteiger partial charge on any atom is -0.322 e. The van der Waals surface area contributed by atoms with Crippen LogP contribution < -0.4 is 5.73 Å². The van der Waals surface area contributed by atoms with Crippen LogP contribution in [0.1, 0.15) is 12.1 Å². The Hall–Kier alpha value is -1.23. The summed E-state index contributed by atoms with van der Waals surface area (Å²) in [6, 6.07) is -0.383. The average Bonchev–Trinajstić information content (AvgIpc) is 2.52. The van der Waals surface area contributed by atoms with Crippen LogP contribution in [0.5, 0.6) is 0 Å². The van der Waals surface area contributed by atoms with Gasteiger partial charge in [0.1, 0.15) is 6.29 Å². The van der Waals surface area contributed by atoms with Gasteiger partial charge < -0.3 is 10.5 Å². The van der Waals surface area contributed by atoms with E-state index in [9.17, 15) is 4.79 Å². The molecule has 0 radical (unpaired) electrons. The molecule has 0 aromatic carbocycles. The van der Waals surface area contributed by atoms with Crippen molar-refractivity contribution < 1.29 is 4.79 Å². The van der Waals surface area contributed by atoms with E-state index < -0.39 is 0 Å². The van der Waals surface area contributed by atoms with Gasteiger partial charge in [-0.25, -0.2) is 0 Å². The van der Waals surface area contributed by atoms with E-state index >= 15 is 0 Å². The maximum absolute atomic E-state index is 10.1. The molecule has 60 valence electrons. The van der Waals surface area contributed by atoms with Gasteiger partial charge in [-0.1, -0.05) is 5.21 Å². The summed E-state index contributed by atoms with van der Waals surface area (Å²) >= 11 is 0. The molecule has 0 aliphatic rings. The standard InChI is InChI=1S/C6H10N4O/c7-5(4-11)1-2-6-3-8-10-9-6/h3-5H,1-2,7H2,(H,8,9,10). The molecule has 3 N–H and O–H groups in total. The summed E-state index contributed by atoms with van der Waals surface area (Å²) < 4.78 is 0. The van der Waals surface area contributed by atoms with Crippen LogP contribution in [0.2, 0.25) is 0 Å². The number of aryl methyl sites for hydroxylation is 1. The van der Waals surface area contributed by atoms with Crippen LogP contribution in [0.15, 0.2) is 6.20 Å². The molecule has 0 spiro atoms. The smallest absolute Gasteiger partial charge is 0.136 e. The van der Waals surface area contributed by atoms with E-state index in [1.54, 1.807) is 6.20 Å². The molecule has 1 rings (SSSR count). The molecular formula is C6H10N4O. The van der Waals surface area contributed by atoms with Gasteiger partial charge in [0.2, 0.25) is 0 Å². The van der Waals surface area contributed by atoms with E-state index in [1.807, 2.05) is 0 Å². The SMILES string of the molecule is NC(C=O)CCc1c[nH]nn1. The third kappa shape index (κ3) is 2.46. The van der Waals surface area contributed by atoms with Gasteiger partial charge in [-0.05, 0) is 12.8 Å². The Morgan fingerprint density at radius 2 is 2.64 bits per heavy atom. The van der Waals surface area contributed by atoms with Crippen molar-refractivity contribution in [3.63, 3.8) is 0 Å². The highest BCUT2D eigenvalue weighted by molar-refractivity contribution is 5.56. The zero-order valence-electron chi connectivity index (χ0n) is 6.03. The molecule has 0 saturated heterocycles. The monoisotopic (exact) mass is 154 g/mol. The Labute approximate surface area is 64.0 Å². The van der Waals surface area contributed by atoms with Crippen LogP contribution in [-0.2, 0) is 11.2 Å². The van der Waals surface area contributed by atoms with Gasteiger partial charge in [0.25, 0.3) is 0 Å². The van der Waals surface area contributed by atoms with Crippen LogP contribution in [0.4, 0.5) is 0 Å². The molecule has 1 atom stereocenters. The van der Waals surface area contributed by atoms with Crippen molar-refractivity contribution in [2.24, 2.45) is 5.73 Å². The van der Waals surface area contributed by atoms with E-state index in [0.29, 0.717) is 12.8 Å². The normalized spacial score (nSPS) is 12.8. The lowest BCUT2D eigenvalue weighted by Crippen LogP contribution is -2.21. The number of nitrogens with two attached hydrogens (primary N) is 1. The first kappa shape index (κ1) is 7.87. The number of carbonyl (C=O) groups is 1. The number of carbonyl (C=O) groups excluding carboxylic acids is 1. The Morgan fingerprint density at radius 1 is 1.82 bits per heavy atom. The lowest BCUT2D eigenvalue weighted by atomic mass is 10.1. The minimum atomic E-state index is -0.383. The summed E-state index contributed by atoms with van der Waals surface area (Å²) in [5.74, 6) is 0. The number of aromatic nitrogens is 3. The molecule has 11 heavy (non-hydrogen) atoms. The van der Waals surface area contributed by atoms with Gasteiger partial charge in [0, 0.05) is 6.20 Å². The largest absolute Gasteiger partial charge is 0.322 e. The summed E-state index contributed by atoms with van der Waals surface area (Å²) in [4.78, 5) is 10.1. The molecule has 5 nitrogen and oxygen atoms in total. The predicted molar refractivity (Wildman–Crippen MR) is 38.7 cm³/mol. The molecule has 0 aliphatic carbocycles. The molecule has 0 saturated carbocycles. The Kier molecular flexibility index (Phi) is 2.74. The Bertz CT molecular complexity index is 208. The van der Waals surface area contributed by atoms with Gasteiger partial charge in [-0.2, -0.15) is 0 Å². The maximum atomic E-state index is 10.1. The van der Waals surface area contributed by atoms with E-state index in [1.165, 1.54) is 0 Å². The fraction of sp³-hybridized carbons (Fsp3) is 0.500. The van der Waals surface area contributed by atoms with Gasteiger partial charge in [0.15, 0.2) is 0 Å². The van der Waals surface area contributed by atoms with Crippen LogP contribution in [0.25, 0.3) is 0 Å². The van der Waals surface area contributed by atoms with Crippen molar-refractivity contribution in [1.82, 2.24) is 15.4 Å². The quantitative estimate of drug-likeness (QED) is 0.559. The van der Waals surface area contributed by atoms with Gasteiger partial charge in [-0.3, -0.25) is 5.10 Å². The fourth-order valence-electron chi connectivity index (χ4n) is 0.730. The van der Waals surface area contributed by atoms with Crippen LogP contribution >= 0.6 is 0 Å². The number of nitrogens with zero attached hydrogens (tertiary/aromatic N) is 2. The van der Waals surface area contributed by atoms with E-state index in [-0.39, 0.29) is 6.04 Å². The molecule has 5 heteroatoms. The number of hydrogen-bond acceptors (Lipinski definition) is 4. The maximum Gasteiger partial charge on any atom is 0.136 e. The topological polar surface area (TPSA) is 84.7 Å². The molecule has 1 aromatic rings. The highest BCUT2D eigenvalue weighted by atomic mass is 16.1. The van der Waals surface area contributed by atoms with Gasteiger partial charge in [0.05, 0.1) is 11.7 Å². The second-order valence-corrected chi connectivity index (χ2v) is 2.30. The number of nitrogens with one attached hydrogen (secondary N) is 1. The lowest BCUT2D eigenvalue weighted by molar-refractivity contribution is -0.109. The van der Waals surface area contributed by atoms with Crippen molar-refractivity contribution in [1.29, 1.82) is 0 Å². The lowest BCUT2D eigenvalue weighted by Gasteiger charge is -1.98. The number of H-pyrrole nitrogens is 1. The van der Waals surface area contributed by atoms with Crippen LogP contribution in [-0.4, -0.2) is 27.7 Å². The number of aldehydes is 1. The number of rotatable bonds is 4. The van der Waals surface area contributed by atoms with Crippen molar-refractivity contribution >= 4 is 6.29 Å². The van der Waals surface area contributed by atoms with Crippen molar-refractivity contribution in [2.45, 2.75) is 18.9 Å². The Balaban J connectivity index is 2.28.